The Morgan fingerprint density at radius 3 is 2.35 bits per heavy atom. The molecule has 0 spiro atoms. The highest BCUT2D eigenvalue weighted by Crippen LogP contribution is 2.15. The molecule has 4 nitrogen and oxygen atoms in total. The van der Waals surface area contributed by atoms with Gasteiger partial charge in [-0.15, -0.1) is 0 Å². The average Bonchev–Trinajstić information content (AvgIpc) is 2.26. The van der Waals surface area contributed by atoms with E-state index in [4.69, 9.17) is 10.7 Å². The lowest BCUT2D eigenvalue weighted by atomic mass is 10.1. The third-order valence-corrected chi connectivity index (χ3v) is 3.59. The monoisotopic (exact) mass is 275 g/mol. The Morgan fingerprint density at radius 2 is 1.88 bits per heavy atom. The number of hydrogen-bond acceptors (Lipinski definition) is 3. The van der Waals surface area contributed by atoms with Gasteiger partial charge in [-0.2, -0.15) is 0 Å². The molecule has 1 amide bonds. The number of carbonyl (C=O) groups excluding carboxylic acids is 1. The van der Waals surface area contributed by atoms with E-state index in [0.29, 0.717) is 19.4 Å². The maximum Gasteiger partial charge on any atom is 0.261 e. The second-order valence-electron chi connectivity index (χ2n) is 3.54. The summed E-state index contributed by atoms with van der Waals surface area (Å²) in [5.74, 6) is -0.0125. The minimum absolute atomic E-state index is 0.0125. The molecule has 17 heavy (non-hydrogen) atoms. The number of nitrogens with one attached hydrogen (secondary N) is 1. The van der Waals surface area contributed by atoms with Crippen LogP contribution in [0.5, 0.6) is 0 Å². The highest BCUT2D eigenvalue weighted by molar-refractivity contribution is 8.13. The predicted molar refractivity (Wildman–Crippen MR) is 66.5 cm³/mol. The van der Waals surface area contributed by atoms with Gasteiger partial charge in [0.2, 0.25) is 5.91 Å². The molecule has 0 atom stereocenters. The van der Waals surface area contributed by atoms with Gasteiger partial charge in [0, 0.05) is 23.6 Å². The van der Waals surface area contributed by atoms with Crippen LogP contribution in [0.3, 0.4) is 0 Å². The molecule has 6 heteroatoms. The number of amides is 1. The molecule has 0 saturated carbocycles. The van der Waals surface area contributed by atoms with Gasteiger partial charge in [0.1, 0.15) is 0 Å². The van der Waals surface area contributed by atoms with Gasteiger partial charge in [-0.25, -0.2) is 8.42 Å². The van der Waals surface area contributed by atoms with E-state index in [9.17, 15) is 13.2 Å². The Balaban J connectivity index is 2.60. The fourth-order valence-corrected chi connectivity index (χ4v) is 2.13. The number of halogens is 1. The Kier molecular flexibility index (Phi) is 4.96. The van der Waals surface area contributed by atoms with E-state index in [2.05, 4.69) is 5.32 Å². The van der Waals surface area contributed by atoms with Crippen LogP contribution in [0.1, 0.15) is 18.9 Å². The van der Waals surface area contributed by atoms with Crippen molar-refractivity contribution in [1.82, 2.24) is 5.32 Å². The molecule has 1 rings (SSSR count). The van der Waals surface area contributed by atoms with Crippen LogP contribution in [-0.2, 0) is 20.3 Å². The summed E-state index contributed by atoms with van der Waals surface area (Å²) < 4.78 is 22.0. The van der Waals surface area contributed by atoms with Gasteiger partial charge in [0.05, 0.1) is 4.90 Å². The molecule has 1 aromatic rings. The first-order chi connectivity index (χ1) is 7.93. The Morgan fingerprint density at radius 1 is 1.29 bits per heavy atom. The Hall–Kier alpha value is -1.07. The molecule has 1 N–H and O–H groups in total. The molecule has 0 aliphatic heterocycles. The van der Waals surface area contributed by atoms with Crippen molar-refractivity contribution in [3.63, 3.8) is 0 Å². The van der Waals surface area contributed by atoms with Crippen molar-refractivity contribution in [3.8, 4) is 0 Å². The maximum absolute atomic E-state index is 11.2. The standard InChI is InChI=1S/C11H14ClNO3S/c1-2-13-11(14)8-5-9-3-6-10(7-4-9)17(12,15)16/h3-4,6-7H,2,5,8H2,1H3,(H,13,14). The van der Waals surface area contributed by atoms with Crippen molar-refractivity contribution >= 4 is 25.6 Å². The van der Waals surface area contributed by atoms with E-state index in [0.717, 1.165) is 5.56 Å². The highest BCUT2D eigenvalue weighted by atomic mass is 35.7. The first-order valence-corrected chi connectivity index (χ1v) is 7.54. The molecular weight excluding hydrogens is 262 g/mol. The van der Waals surface area contributed by atoms with Crippen molar-refractivity contribution in [2.75, 3.05) is 6.54 Å². The van der Waals surface area contributed by atoms with Crippen LogP contribution < -0.4 is 5.32 Å². The van der Waals surface area contributed by atoms with Crippen molar-refractivity contribution in [1.29, 1.82) is 0 Å². The van der Waals surface area contributed by atoms with E-state index in [1.807, 2.05) is 6.92 Å². The number of rotatable bonds is 5. The minimum Gasteiger partial charge on any atom is -0.356 e. The number of aryl methyl sites for hydroxylation is 1. The van der Waals surface area contributed by atoms with E-state index in [1.165, 1.54) is 12.1 Å². The SMILES string of the molecule is CCNC(=O)CCc1ccc(S(=O)(=O)Cl)cc1. The smallest absolute Gasteiger partial charge is 0.261 e. The molecule has 0 saturated heterocycles. The first-order valence-electron chi connectivity index (χ1n) is 5.24. The summed E-state index contributed by atoms with van der Waals surface area (Å²) in [6, 6.07) is 6.20. The second-order valence-corrected chi connectivity index (χ2v) is 6.10. The minimum atomic E-state index is -3.67. The third-order valence-electron chi connectivity index (χ3n) is 2.22. The van der Waals surface area contributed by atoms with Crippen LogP contribution in [0, 0.1) is 0 Å². The molecular formula is C11H14ClNO3S. The van der Waals surface area contributed by atoms with Gasteiger partial charge in [-0.3, -0.25) is 4.79 Å². The van der Waals surface area contributed by atoms with Crippen molar-refractivity contribution in [2.24, 2.45) is 0 Å². The third kappa shape index (κ3) is 4.75. The van der Waals surface area contributed by atoms with Crippen LogP contribution >= 0.6 is 10.7 Å². The van der Waals surface area contributed by atoms with Crippen LogP contribution in [0.4, 0.5) is 0 Å². The van der Waals surface area contributed by atoms with Crippen molar-refractivity contribution < 1.29 is 13.2 Å². The second kappa shape index (κ2) is 6.02. The molecule has 0 heterocycles. The molecule has 0 fully saturated rings. The van der Waals surface area contributed by atoms with Gasteiger partial charge in [0.15, 0.2) is 0 Å². The maximum atomic E-state index is 11.2. The lowest BCUT2D eigenvalue weighted by Gasteiger charge is -2.03. The lowest BCUT2D eigenvalue weighted by Crippen LogP contribution is -2.22. The molecule has 0 aliphatic rings. The topological polar surface area (TPSA) is 63.2 Å². The van der Waals surface area contributed by atoms with Crippen LogP contribution in [0.2, 0.25) is 0 Å². The van der Waals surface area contributed by atoms with Gasteiger partial charge < -0.3 is 5.32 Å². The van der Waals surface area contributed by atoms with Crippen LogP contribution in [0.25, 0.3) is 0 Å². The molecule has 1 aromatic carbocycles. The normalized spacial score (nSPS) is 11.2. The van der Waals surface area contributed by atoms with Gasteiger partial charge in [0.25, 0.3) is 9.05 Å². The zero-order valence-electron chi connectivity index (χ0n) is 9.44. The quantitative estimate of drug-likeness (QED) is 0.832. The van der Waals surface area contributed by atoms with E-state index >= 15 is 0 Å². The largest absolute Gasteiger partial charge is 0.356 e. The van der Waals surface area contributed by atoms with E-state index in [1.54, 1.807) is 12.1 Å². The van der Waals surface area contributed by atoms with Crippen LogP contribution in [0.15, 0.2) is 29.2 Å². The lowest BCUT2D eigenvalue weighted by molar-refractivity contribution is -0.120. The summed E-state index contributed by atoms with van der Waals surface area (Å²) in [6.45, 7) is 2.47. The summed E-state index contributed by atoms with van der Waals surface area (Å²) in [5, 5.41) is 2.70. The number of carbonyl (C=O) groups is 1. The highest BCUT2D eigenvalue weighted by Gasteiger charge is 2.09. The van der Waals surface area contributed by atoms with Crippen molar-refractivity contribution in [3.05, 3.63) is 29.8 Å². The summed E-state index contributed by atoms with van der Waals surface area (Å²) in [4.78, 5) is 11.3. The summed E-state index contributed by atoms with van der Waals surface area (Å²) in [7, 11) is 1.52. The fourth-order valence-electron chi connectivity index (χ4n) is 1.36. The van der Waals surface area contributed by atoms with Gasteiger partial charge >= 0.3 is 0 Å². The first kappa shape index (κ1) is 14.0. The molecule has 94 valence electrons. The Bertz CT molecular complexity index is 482. The predicted octanol–water partition coefficient (Wildman–Crippen LogP) is 1.68. The number of benzene rings is 1. The average molecular weight is 276 g/mol. The molecule has 0 bridgehead atoms. The summed E-state index contributed by atoms with van der Waals surface area (Å²) >= 11 is 0. The van der Waals surface area contributed by atoms with Gasteiger partial charge in [-0.05, 0) is 31.0 Å². The van der Waals surface area contributed by atoms with E-state index in [-0.39, 0.29) is 10.8 Å². The van der Waals surface area contributed by atoms with E-state index < -0.39 is 9.05 Å². The molecule has 0 aliphatic carbocycles. The summed E-state index contributed by atoms with van der Waals surface area (Å²) in [5.41, 5.74) is 0.903. The van der Waals surface area contributed by atoms with Crippen LogP contribution in [-0.4, -0.2) is 20.9 Å². The van der Waals surface area contributed by atoms with Crippen molar-refractivity contribution in [2.45, 2.75) is 24.7 Å². The summed E-state index contributed by atoms with van der Waals surface area (Å²) in [6.07, 6.45) is 0.968. The van der Waals surface area contributed by atoms with Gasteiger partial charge in [-0.1, -0.05) is 12.1 Å². The number of hydrogen-bond donors (Lipinski definition) is 1. The zero-order chi connectivity index (χ0) is 12.9. The molecule has 0 radical (unpaired) electrons. The molecule has 0 aromatic heterocycles. The molecule has 0 unspecified atom stereocenters. The fraction of sp³-hybridized carbons (Fsp3) is 0.364. The Labute approximate surface area is 105 Å². The zero-order valence-corrected chi connectivity index (χ0v) is 11.0.